The number of aliphatic hydroxyl groups excluding tert-OH is 1. The number of aliphatic hydroxyl groups is 1. The van der Waals surface area contributed by atoms with Crippen molar-refractivity contribution in [2.45, 2.75) is 39.0 Å². The lowest BCUT2D eigenvalue weighted by Crippen LogP contribution is -2.24. The topological polar surface area (TPSA) is 58.0 Å². The average molecular weight is 235 g/mol. The van der Waals surface area contributed by atoms with E-state index in [1.54, 1.807) is 0 Å². The third kappa shape index (κ3) is 3.66. The number of rotatable bonds is 6. The van der Waals surface area contributed by atoms with Crippen LogP contribution in [0.2, 0.25) is 0 Å². The lowest BCUT2D eigenvalue weighted by molar-refractivity contribution is 0.220. The molecule has 2 N–H and O–H groups in total. The Labute approximate surface area is 102 Å². The van der Waals surface area contributed by atoms with Crippen molar-refractivity contribution in [2.75, 3.05) is 18.5 Å². The first-order valence-corrected chi connectivity index (χ1v) is 6.28. The Morgan fingerprint density at radius 3 is 2.88 bits per heavy atom. The monoisotopic (exact) mass is 235 g/mol. The maximum atomic E-state index is 8.97. The number of aromatic nitrogens is 2. The lowest BCUT2D eigenvalue weighted by Gasteiger charge is -2.24. The second-order valence-corrected chi connectivity index (χ2v) is 5.57. The third-order valence-electron chi connectivity index (χ3n) is 3.15. The van der Waals surface area contributed by atoms with Crippen LogP contribution in [0.5, 0.6) is 0 Å². The van der Waals surface area contributed by atoms with Crippen molar-refractivity contribution >= 4 is 5.82 Å². The standard InChI is InChI=1S/C13H21N3O/c1-13(2,6-8-17)9-15-11-5-7-14-12(16-11)10-3-4-10/h5,7,10,17H,3-4,6,8-9H2,1-2H3,(H,14,15,16). The average Bonchev–Trinajstić information content (AvgIpc) is 3.11. The fourth-order valence-electron chi connectivity index (χ4n) is 1.73. The molecule has 0 bridgehead atoms. The third-order valence-corrected chi connectivity index (χ3v) is 3.15. The van der Waals surface area contributed by atoms with Crippen LogP contribution >= 0.6 is 0 Å². The van der Waals surface area contributed by atoms with Crippen LogP contribution in [0.15, 0.2) is 12.3 Å². The van der Waals surface area contributed by atoms with Crippen LogP contribution in [0.4, 0.5) is 5.82 Å². The van der Waals surface area contributed by atoms with Crippen molar-refractivity contribution in [1.82, 2.24) is 9.97 Å². The van der Waals surface area contributed by atoms with Gasteiger partial charge in [-0.3, -0.25) is 0 Å². The van der Waals surface area contributed by atoms with Crippen LogP contribution in [0.1, 0.15) is 44.9 Å². The summed E-state index contributed by atoms with van der Waals surface area (Å²) < 4.78 is 0. The van der Waals surface area contributed by atoms with E-state index in [9.17, 15) is 0 Å². The summed E-state index contributed by atoms with van der Waals surface area (Å²) in [7, 11) is 0. The summed E-state index contributed by atoms with van der Waals surface area (Å²) in [6.07, 6.45) is 5.06. The summed E-state index contributed by atoms with van der Waals surface area (Å²) in [5.41, 5.74) is 0.0828. The summed E-state index contributed by atoms with van der Waals surface area (Å²) in [6, 6.07) is 1.90. The van der Waals surface area contributed by atoms with Crippen molar-refractivity contribution in [3.05, 3.63) is 18.1 Å². The van der Waals surface area contributed by atoms with Crippen molar-refractivity contribution < 1.29 is 5.11 Å². The largest absolute Gasteiger partial charge is 0.396 e. The maximum Gasteiger partial charge on any atom is 0.133 e. The van der Waals surface area contributed by atoms with Gasteiger partial charge in [0.2, 0.25) is 0 Å². The normalized spacial score (nSPS) is 15.9. The zero-order valence-electron chi connectivity index (χ0n) is 10.6. The highest BCUT2D eigenvalue weighted by Gasteiger charge is 2.26. The number of hydrogen-bond donors (Lipinski definition) is 2. The molecule has 1 saturated carbocycles. The van der Waals surface area contributed by atoms with Gasteiger partial charge in [0.1, 0.15) is 11.6 Å². The molecule has 2 rings (SSSR count). The molecule has 0 spiro atoms. The van der Waals surface area contributed by atoms with Gasteiger partial charge in [0.25, 0.3) is 0 Å². The van der Waals surface area contributed by atoms with Crippen molar-refractivity contribution in [2.24, 2.45) is 5.41 Å². The van der Waals surface area contributed by atoms with Gasteiger partial charge in [0, 0.05) is 25.3 Å². The first-order chi connectivity index (χ1) is 8.11. The second-order valence-electron chi connectivity index (χ2n) is 5.57. The second kappa shape index (κ2) is 5.00. The lowest BCUT2D eigenvalue weighted by atomic mass is 9.90. The number of nitrogens with one attached hydrogen (secondary N) is 1. The van der Waals surface area contributed by atoms with Crippen LogP contribution < -0.4 is 5.32 Å². The zero-order valence-corrected chi connectivity index (χ0v) is 10.6. The molecule has 17 heavy (non-hydrogen) atoms. The van der Waals surface area contributed by atoms with Gasteiger partial charge in [-0.15, -0.1) is 0 Å². The smallest absolute Gasteiger partial charge is 0.133 e. The molecule has 0 amide bonds. The Kier molecular flexibility index (Phi) is 3.62. The van der Waals surface area contributed by atoms with Crippen LogP contribution in [-0.2, 0) is 0 Å². The molecular formula is C13H21N3O. The van der Waals surface area contributed by atoms with Crippen LogP contribution in [-0.4, -0.2) is 28.2 Å². The van der Waals surface area contributed by atoms with Gasteiger partial charge in [0.15, 0.2) is 0 Å². The molecule has 1 aliphatic carbocycles. The number of anilines is 1. The Hall–Kier alpha value is -1.16. The molecule has 0 radical (unpaired) electrons. The van der Waals surface area contributed by atoms with E-state index >= 15 is 0 Å². The molecule has 1 aliphatic rings. The predicted octanol–water partition coefficient (Wildman–Crippen LogP) is 2.17. The van der Waals surface area contributed by atoms with Gasteiger partial charge < -0.3 is 10.4 Å². The van der Waals surface area contributed by atoms with E-state index in [2.05, 4.69) is 29.1 Å². The highest BCUT2D eigenvalue weighted by atomic mass is 16.3. The molecule has 4 heteroatoms. The molecule has 1 heterocycles. The first kappa shape index (κ1) is 12.3. The van der Waals surface area contributed by atoms with E-state index in [1.807, 2.05) is 12.3 Å². The Balaban J connectivity index is 1.92. The molecular weight excluding hydrogens is 214 g/mol. The van der Waals surface area contributed by atoms with Gasteiger partial charge in [-0.25, -0.2) is 9.97 Å². The van der Waals surface area contributed by atoms with E-state index in [4.69, 9.17) is 5.11 Å². The molecule has 94 valence electrons. The van der Waals surface area contributed by atoms with Gasteiger partial charge >= 0.3 is 0 Å². The van der Waals surface area contributed by atoms with E-state index in [0.29, 0.717) is 5.92 Å². The number of hydrogen-bond acceptors (Lipinski definition) is 4. The van der Waals surface area contributed by atoms with Crippen LogP contribution in [0.3, 0.4) is 0 Å². The van der Waals surface area contributed by atoms with Gasteiger partial charge in [-0.2, -0.15) is 0 Å². The molecule has 0 aromatic carbocycles. The molecule has 0 atom stereocenters. The number of nitrogens with zero attached hydrogens (tertiary/aromatic N) is 2. The summed E-state index contributed by atoms with van der Waals surface area (Å²) in [6.45, 7) is 5.32. The minimum Gasteiger partial charge on any atom is -0.396 e. The quantitative estimate of drug-likeness (QED) is 0.793. The summed E-state index contributed by atoms with van der Waals surface area (Å²) >= 11 is 0. The van der Waals surface area contributed by atoms with Gasteiger partial charge in [0.05, 0.1) is 0 Å². The molecule has 0 saturated heterocycles. The fourth-order valence-corrected chi connectivity index (χ4v) is 1.73. The van der Waals surface area contributed by atoms with E-state index in [1.165, 1.54) is 12.8 Å². The predicted molar refractivity (Wildman–Crippen MR) is 68.0 cm³/mol. The van der Waals surface area contributed by atoms with Crippen molar-refractivity contribution in [1.29, 1.82) is 0 Å². The van der Waals surface area contributed by atoms with E-state index in [-0.39, 0.29) is 12.0 Å². The van der Waals surface area contributed by atoms with Gasteiger partial charge in [-0.1, -0.05) is 13.8 Å². The summed E-state index contributed by atoms with van der Waals surface area (Å²) in [5, 5.41) is 12.3. The highest BCUT2D eigenvalue weighted by Crippen LogP contribution is 2.38. The Morgan fingerprint density at radius 1 is 1.47 bits per heavy atom. The van der Waals surface area contributed by atoms with E-state index in [0.717, 1.165) is 24.6 Å². The highest BCUT2D eigenvalue weighted by molar-refractivity contribution is 5.34. The molecule has 1 fully saturated rings. The summed E-state index contributed by atoms with van der Waals surface area (Å²) in [5.74, 6) is 2.45. The van der Waals surface area contributed by atoms with Crippen molar-refractivity contribution in [3.8, 4) is 0 Å². The molecule has 1 aromatic rings. The van der Waals surface area contributed by atoms with E-state index < -0.39 is 0 Å². The van der Waals surface area contributed by atoms with Crippen LogP contribution in [0, 0.1) is 5.41 Å². The zero-order chi connectivity index (χ0) is 12.3. The minimum atomic E-state index is 0.0828. The fraction of sp³-hybridized carbons (Fsp3) is 0.692. The van der Waals surface area contributed by atoms with Crippen LogP contribution in [0.25, 0.3) is 0 Å². The molecule has 4 nitrogen and oxygen atoms in total. The Morgan fingerprint density at radius 2 is 2.24 bits per heavy atom. The minimum absolute atomic E-state index is 0.0828. The molecule has 1 aromatic heterocycles. The molecule has 0 aliphatic heterocycles. The molecule has 0 unspecified atom stereocenters. The SMILES string of the molecule is CC(C)(CCO)CNc1ccnc(C2CC2)n1. The van der Waals surface area contributed by atoms with Crippen molar-refractivity contribution in [3.63, 3.8) is 0 Å². The maximum absolute atomic E-state index is 8.97. The Bertz CT molecular complexity index is 375. The van der Waals surface area contributed by atoms with Gasteiger partial charge in [-0.05, 0) is 30.7 Å². The first-order valence-electron chi connectivity index (χ1n) is 6.28. The summed E-state index contributed by atoms with van der Waals surface area (Å²) in [4.78, 5) is 8.80.